The van der Waals surface area contributed by atoms with E-state index in [1.165, 1.54) is 18.3 Å². The van der Waals surface area contributed by atoms with Crippen molar-refractivity contribution >= 4 is 28.3 Å². The Morgan fingerprint density at radius 3 is 3.00 bits per heavy atom. The van der Waals surface area contributed by atoms with Gasteiger partial charge in [0, 0.05) is 6.42 Å². The van der Waals surface area contributed by atoms with Crippen molar-refractivity contribution in [3.63, 3.8) is 0 Å². The van der Waals surface area contributed by atoms with Crippen LogP contribution in [-0.2, 0) is 4.79 Å². The summed E-state index contributed by atoms with van der Waals surface area (Å²) in [4.78, 5) is 23.9. The zero-order valence-electron chi connectivity index (χ0n) is 7.04. The van der Waals surface area contributed by atoms with Crippen molar-refractivity contribution in [2.45, 2.75) is 6.42 Å². The summed E-state index contributed by atoms with van der Waals surface area (Å²) < 4.78 is 0. The van der Waals surface area contributed by atoms with Gasteiger partial charge in [-0.05, 0) is 17.4 Å². The van der Waals surface area contributed by atoms with E-state index < -0.39 is 10.8 Å². The van der Waals surface area contributed by atoms with Crippen molar-refractivity contribution < 1.29 is 9.72 Å². The minimum Gasteiger partial charge on any atom is -0.369 e. The van der Waals surface area contributed by atoms with E-state index in [2.05, 4.69) is 4.98 Å². The van der Waals surface area contributed by atoms with Crippen LogP contribution in [-0.4, -0.2) is 15.8 Å². The Morgan fingerprint density at radius 1 is 1.79 bits per heavy atom. The molecule has 0 unspecified atom stereocenters. The molecule has 0 saturated heterocycles. The SMILES string of the molecule is NC(=O)CC=Cc1ncc([N+](=O)[O-])s1. The second kappa shape index (κ2) is 4.47. The molecule has 1 aromatic heterocycles. The van der Waals surface area contributed by atoms with Gasteiger partial charge in [0.1, 0.15) is 11.2 Å². The van der Waals surface area contributed by atoms with Crippen molar-refractivity contribution in [1.29, 1.82) is 0 Å². The van der Waals surface area contributed by atoms with Crippen LogP contribution < -0.4 is 5.73 Å². The lowest BCUT2D eigenvalue weighted by atomic mass is 10.4. The van der Waals surface area contributed by atoms with Crippen LogP contribution in [0.25, 0.3) is 6.08 Å². The third kappa shape index (κ3) is 2.94. The van der Waals surface area contributed by atoms with Gasteiger partial charge in [0.15, 0.2) is 0 Å². The lowest BCUT2D eigenvalue weighted by molar-refractivity contribution is -0.380. The molecule has 14 heavy (non-hydrogen) atoms. The molecular formula is C7H7N3O3S. The summed E-state index contributed by atoms with van der Waals surface area (Å²) in [6.45, 7) is 0. The second-order valence-corrected chi connectivity index (χ2v) is 3.41. The summed E-state index contributed by atoms with van der Waals surface area (Å²) in [5.41, 5.74) is 4.89. The molecule has 0 atom stereocenters. The normalized spacial score (nSPS) is 10.6. The van der Waals surface area contributed by atoms with Gasteiger partial charge in [0.05, 0.1) is 4.92 Å². The Balaban J connectivity index is 2.64. The number of amides is 1. The minimum atomic E-state index is -0.511. The molecule has 0 fully saturated rings. The first kappa shape index (κ1) is 10.3. The zero-order chi connectivity index (χ0) is 10.6. The molecule has 0 saturated carbocycles. The summed E-state index contributed by atoms with van der Waals surface area (Å²) in [5.74, 6) is -0.452. The summed E-state index contributed by atoms with van der Waals surface area (Å²) >= 11 is 0.944. The molecule has 1 aromatic rings. The van der Waals surface area contributed by atoms with Gasteiger partial charge in [-0.25, -0.2) is 4.98 Å². The number of aromatic nitrogens is 1. The third-order valence-corrected chi connectivity index (χ3v) is 2.19. The molecule has 7 heteroatoms. The second-order valence-electron chi connectivity index (χ2n) is 2.37. The average Bonchev–Trinajstić information content (AvgIpc) is 2.52. The maximum absolute atomic E-state index is 10.3. The number of hydrogen-bond donors (Lipinski definition) is 1. The maximum atomic E-state index is 10.3. The summed E-state index contributed by atoms with van der Waals surface area (Å²) in [6.07, 6.45) is 4.33. The van der Waals surface area contributed by atoms with Crippen molar-refractivity contribution in [3.05, 3.63) is 27.4 Å². The minimum absolute atomic E-state index is 0.0243. The van der Waals surface area contributed by atoms with E-state index in [4.69, 9.17) is 5.73 Å². The van der Waals surface area contributed by atoms with Gasteiger partial charge in [-0.1, -0.05) is 6.08 Å². The summed E-state index contributed by atoms with van der Waals surface area (Å²) in [6, 6.07) is 0. The van der Waals surface area contributed by atoms with Gasteiger partial charge in [-0.3, -0.25) is 14.9 Å². The highest BCUT2D eigenvalue weighted by molar-refractivity contribution is 7.15. The summed E-state index contributed by atoms with van der Waals surface area (Å²) in [5, 5.41) is 10.7. The highest BCUT2D eigenvalue weighted by Gasteiger charge is 2.08. The predicted octanol–water partition coefficient (Wildman–Crippen LogP) is 0.940. The third-order valence-electron chi connectivity index (χ3n) is 1.27. The first-order valence-corrected chi connectivity index (χ1v) is 4.46. The van der Waals surface area contributed by atoms with Gasteiger partial charge in [0.2, 0.25) is 5.91 Å². The van der Waals surface area contributed by atoms with E-state index >= 15 is 0 Å². The molecule has 0 spiro atoms. The number of nitro groups is 1. The standard InChI is InChI=1S/C7H7N3O3S/c8-5(11)2-1-3-6-9-4-7(14-6)10(12)13/h1,3-4H,2H2,(H2,8,11). The number of carbonyl (C=O) groups excluding carboxylic acids is 1. The van der Waals surface area contributed by atoms with Crippen LogP contribution in [0.1, 0.15) is 11.4 Å². The Labute approximate surface area is 83.2 Å². The molecule has 0 aliphatic rings. The van der Waals surface area contributed by atoms with Crippen molar-refractivity contribution in [3.8, 4) is 0 Å². The van der Waals surface area contributed by atoms with Gasteiger partial charge in [0.25, 0.3) is 0 Å². The fourth-order valence-corrected chi connectivity index (χ4v) is 1.38. The number of nitrogens with two attached hydrogens (primary N) is 1. The van der Waals surface area contributed by atoms with E-state index in [0.29, 0.717) is 5.01 Å². The van der Waals surface area contributed by atoms with Crippen molar-refractivity contribution in [2.24, 2.45) is 5.73 Å². The maximum Gasteiger partial charge on any atom is 0.344 e. The monoisotopic (exact) mass is 213 g/mol. The molecule has 6 nitrogen and oxygen atoms in total. The molecule has 1 rings (SSSR count). The van der Waals surface area contributed by atoms with E-state index in [9.17, 15) is 14.9 Å². The molecule has 1 heterocycles. The average molecular weight is 213 g/mol. The Kier molecular flexibility index (Phi) is 3.29. The number of nitrogens with zero attached hydrogens (tertiary/aromatic N) is 2. The van der Waals surface area contributed by atoms with Crippen LogP contribution in [0.15, 0.2) is 12.3 Å². The number of rotatable bonds is 4. The molecule has 0 aromatic carbocycles. The van der Waals surface area contributed by atoms with E-state index in [1.807, 2.05) is 0 Å². The van der Waals surface area contributed by atoms with Crippen LogP contribution in [0, 0.1) is 10.1 Å². The summed E-state index contributed by atoms with van der Waals surface area (Å²) in [7, 11) is 0. The van der Waals surface area contributed by atoms with Gasteiger partial charge >= 0.3 is 5.00 Å². The number of primary amides is 1. The molecule has 1 amide bonds. The topological polar surface area (TPSA) is 99.1 Å². The molecular weight excluding hydrogens is 206 g/mol. The van der Waals surface area contributed by atoms with Crippen LogP contribution in [0.3, 0.4) is 0 Å². The fraction of sp³-hybridized carbons (Fsp3) is 0.143. The van der Waals surface area contributed by atoms with Crippen molar-refractivity contribution in [1.82, 2.24) is 4.98 Å². The predicted molar refractivity (Wildman–Crippen MR) is 51.6 cm³/mol. The lowest BCUT2D eigenvalue weighted by Gasteiger charge is -1.83. The lowest BCUT2D eigenvalue weighted by Crippen LogP contribution is -2.07. The van der Waals surface area contributed by atoms with Crippen LogP contribution in [0.5, 0.6) is 0 Å². The molecule has 2 N–H and O–H groups in total. The van der Waals surface area contributed by atoms with Gasteiger partial charge < -0.3 is 5.73 Å². The van der Waals surface area contributed by atoms with Crippen LogP contribution in [0.2, 0.25) is 0 Å². The largest absolute Gasteiger partial charge is 0.369 e. The fourth-order valence-electron chi connectivity index (χ4n) is 0.716. The van der Waals surface area contributed by atoms with E-state index in [1.54, 1.807) is 0 Å². The Bertz CT molecular complexity index is 385. The molecule has 0 aliphatic heterocycles. The Hall–Kier alpha value is -1.76. The van der Waals surface area contributed by atoms with E-state index in [0.717, 1.165) is 11.3 Å². The highest BCUT2D eigenvalue weighted by Crippen LogP contribution is 2.21. The first-order chi connectivity index (χ1) is 6.59. The molecule has 0 aliphatic carbocycles. The number of hydrogen-bond acceptors (Lipinski definition) is 5. The number of carbonyl (C=O) groups is 1. The molecule has 0 bridgehead atoms. The van der Waals surface area contributed by atoms with Gasteiger partial charge in [-0.15, -0.1) is 0 Å². The highest BCUT2D eigenvalue weighted by atomic mass is 32.1. The van der Waals surface area contributed by atoms with Gasteiger partial charge in [-0.2, -0.15) is 0 Å². The van der Waals surface area contributed by atoms with Crippen LogP contribution in [0.4, 0.5) is 5.00 Å². The first-order valence-electron chi connectivity index (χ1n) is 3.64. The molecule has 0 radical (unpaired) electrons. The van der Waals surface area contributed by atoms with Crippen LogP contribution >= 0.6 is 11.3 Å². The molecule has 74 valence electrons. The smallest absolute Gasteiger partial charge is 0.344 e. The Morgan fingerprint density at radius 2 is 2.50 bits per heavy atom. The zero-order valence-corrected chi connectivity index (χ0v) is 7.86. The van der Waals surface area contributed by atoms with Crippen molar-refractivity contribution in [2.75, 3.05) is 0 Å². The number of thiazole rings is 1. The van der Waals surface area contributed by atoms with E-state index in [-0.39, 0.29) is 11.4 Å². The quantitative estimate of drug-likeness (QED) is 0.594.